The van der Waals surface area contributed by atoms with Gasteiger partial charge >= 0.3 is 0 Å². The minimum atomic E-state index is 0.0517. The highest BCUT2D eigenvalue weighted by molar-refractivity contribution is 5.28. The second-order valence-electron chi connectivity index (χ2n) is 4.34. The number of nitrogens with zero attached hydrogens (tertiary/aromatic N) is 2. The summed E-state index contributed by atoms with van der Waals surface area (Å²) in [6.45, 7) is 2.90. The van der Waals surface area contributed by atoms with Crippen molar-refractivity contribution in [3.05, 3.63) is 47.8 Å². The Kier molecular flexibility index (Phi) is 4.54. The molecule has 0 saturated carbocycles. The van der Waals surface area contributed by atoms with E-state index in [4.69, 9.17) is 10.6 Å². The molecule has 0 aliphatic carbocycles. The van der Waals surface area contributed by atoms with Crippen molar-refractivity contribution in [2.75, 3.05) is 7.11 Å². The summed E-state index contributed by atoms with van der Waals surface area (Å²) in [5.41, 5.74) is 5.16. The molecule has 2 aromatic rings. The van der Waals surface area contributed by atoms with Crippen LogP contribution < -0.4 is 16.0 Å². The quantitative estimate of drug-likeness (QED) is 0.612. The molecule has 5 nitrogen and oxygen atoms in total. The molecule has 0 fully saturated rings. The third kappa shape index (κ3) is 3.13. The van der Waals surface area contributed by atoms with Crippen molar-refractivity contribution in [3.8, 4) is 5.75 Å². The number of hydrazine groups is 1. The number of rotatable bonds is 6. The largest absolute Gasteiger partial charge is 0.497 e. The van der Waals surface area contributed by atoms with E-state index in [2.05, 4.69) is 29.6 Å². The highest BCUT2D eigenvalue weighted by atomic mass is 16.5. The predicted molar refractivity (Wildman–Crippen MR) is 74.7 cm³/mol. The Morgan fingerprint density at radius 3 is 2.63 bits per heavy atom. The van der Waals surface area contributed by atoms with Crippen molar-refractivity contribution < 1.29 is 4.74 Å². The van der Waals surface area contributed by atoms with E-state index in [1.54, 1.807) is 13.3 Å². The summed E-state index contributed by atoms with van der Waals surface area (Å²) in [4.78, 5) is 0. The number of methoxy groups -OCH3 is 1. The van der Waals surface area contributed by atoms with Gasteiger partial charge in [-0.1, -0.05) is 12.1 Å². The van der Waals surface area contributed by atoms with Crippen LogP contribution in [0, 0.1) is 0 Å². The van der Waals surface area contributed by atoms with Crippen LogP contribution in [0.4, 0.5) is 0 Å². The molecule has 3 N–H and O–H groups in total. The standard InChI is InChI=1S/C14H20N4O/c1-3-18-14(8-9-16-18)13(17-15)10-11-4-6-12(19-2)7-5-11/h4-9,13,17H,3,10,15H2,1-2H3. The van der Waals surface area contributed by atoms with E-state index in [1.165, 1.54) is 5.56 Å². The second-order valence-corrected chi connectivity index (χ2v) is 4.34. The average Bonchev–Trinajstić information content (AvgIpc) is 2.93. The van der Waals surface area contributed by atoms with Crippen LogP contribution in [0.5, 0.6) is 5.75 Å². The van der Waals surface area contributed by atoms with Crippen LogP contribution in [0.15, 0.2) is 36.5 Å². The molecule has 1 heterocycles. The van der Waals surface area contributed by atoms with Gasteiger partial charge in [0.1, 0.15) is 5.75 Å². The normalized spacial score (nSPS) is 12.4. The first kappa shape index (κ1) is 13.6. The Morgan fingerprint density at radius 2 is 2.05 bits per heavy atom. The Morgan fingerprint density at radius 1 is 1.32 bits per heavy atom. The minimum Gasteiger partial charge on any atom is -0.497 e. The Hall–Kier alpha value is -1.85. The van der Waals surface area contributed by atoms with E-state index in [-0.39, 0.29) is 6.04 Å². The summed E-state index contributed by atoms with van der Waals surface area (Å²) in [6.07, 6.45) is 2.61. The molecular weight excluding hydrogens is 240 g/mol. The molecule has 1 atom stereocenters. The first-order valence-electron chi connectivity index (χ1n) is 6.39. The molecule has 0 bridgehead atoms. The highest BCUT2D eigenvalue weighted by Gasteiger charge is 2.14. The average molecular weight is 260 g/mol. The molecule has 0 amide bonds. The number of benzene rings is 1. The molecule has 1 unspecified atom stereocenters. The fourth-order valence-electron chi connectivity index (χ4n) is 2.15. The summed E-state index contributed by atoms with van der Waals surface area (Å²) >= 11 is 0. The summed E-state index contributed by atoms with van der Waals surface area (Å²) in [6, 6.07) is 10.1. The smallest absolute Gasteiger partial charge is 0.118 e. The van der Waals surface area contributed by atoms with E-state index >= 15 is 0 Å². The molecular formula is C14H20N4O. The zero-order valence-corrected chi connectivity index (χ0v) is 11.3. The zero-order valence-electron chi connectivity index (χ0n) is 11.3. The topological polar surface area (TPSA) is 65.1 Å². The van der Waals surface area contributed by atoms with E-state index in [0.717, 1.165) is 24.4 Å². The lowest BCUT2D eigenvalue weighted by Crippen LogP contribution is -2.31. The number of aromatic nitrogens is 2. The molecule has 102 valence electrons. The van der Waals surface area contributed by atoms with Crippen LogP contribution in [0.1, 0.15) is 24.2 Å². The van der Waals surface area contributed by atoms with E-state index in [1.807, 2.05) is 22.9 Å². The van der Waals surface area contributed by atoms with Gasteiger partial charge in [-0.05, 0) is 37.1 Å². The Labute approximate surface area is 113 Å². The van der Waals surface area contributed by atoms with E-state index in [0.29, 0.717) is 0 Å². The van der Waals surface area contributed by atoms with Gasteiger partial charge in [0, 0.05) is 12.7 Å². The third-order valence-electron chi connectivity index (χ3n) is 3.21. The molecule has 19 heavy (non-hydrogen) atoms. The van der Waals surface area contributed by atoms with Gasteiger partial charge in [-0.15, -0.1) is 0 Å². The number of aryl methyl sites for hydroxylation is 1. The molecule has 0 saturated heterocycles. The van der Waals surface area contributed by atoms with Crippen molar-refractivity contribution in [2.45, 2.75) is 25.9 Å². The van der Waals surface area contributed by atoms with Gasteiger partial charge < -0.3 is 4.74 Å². The predicted octanol–water partition coefficient (Wildman–Crippen LogP) is 1.66. The molecule has 2 rings (SSSR count). The lowest BCUT2D eigenvalue weighted by atomic mass is 10.0. The number of ether oxygens (including phenoxy) is 1. The number of hydrogen-bond donors (Lipinski definition) is 2. The summed E-state index contributed by atoms with van der Waals surface area (Å²) in [7, 11) is 1.67. The first-order valence-corrected chi connectivity index (χ1v) is 6.39. The number of nitrogens with one attached hydrogen (secondary N) is 1. The SMILES string of the molecule is CCn1nccc1C(Cc1ccc(OC)cc1)NN. The summed E-state index contributed by atoms with van der Waals surface area (Å²) in [5.74, 6) is 6.54. The van der Waals surface area contributed by atoms with Gasteiger partial charge in [0.15, 0.2) is 0 Å². The van der Waals surface area contributed by atoms with E-state index in [9.17, 15) is 0 Å². The maximum Gasteiger partial charge on any atom is 0.118 e. The van der Waals surface area contributed by atoms with Crippen LogP contribution in [-0.2, 0) is 13.0 Å². The van der Waals surface area contributed by atoms with Crippen molar-refractivity contribution in [1.29, 1.82) is 0 Å². The third-order valence-corrected chi connectivity index (χ3v) is 3.21. The van der Waals surface area contributed by atoms with Crippen LogP contribution in [0.2, 0.25) is 0 Å². The van der Waals surface area contributed by atoms with Gasteiger partial charge in [-0.25, -0.2) is 0 Å². The molecule has 0 radical (unpaired) electrons. The number of nitrogens with two attached hydrogens (primary N) is 1. The first-order chi connectivity index (χ1) is 9.28. The van der Waals surface area contributed by atoms with Gasteiger partial charge in [0.25, 0.3) is 0 Å². The minimum absolute atomic E-state index is 0.0517. The molecule has 5 heteroatoms. The Balaban J connectivity index is 2.14. The summed E-state index contributed by atoms with van der Waals surface area (Å²) < 4.78 is 7.11. The van der Waals surface area contributed by atoms with Crippen molar-refractivity contribution in [1.82, 2.24) is 15.2 Å². The van der Waals surface area contributed by atoms with Gasteiger partial charge in [-0.2, -0.15) is 5.10 Å². The Bertz CT molecular complexity index is 506. The molecule has 1 aromatic carbocycles. The van der Waals surface area contributed by atoms with Crippen LogP contribution >= 0.6 is 0 Å². The van der Waals surface area contributed by atoms with Crippen molar-refractivity contribution >= 4 is 0 Å². The monoisotopic (exact) mass is 260 g/mol. The zero-order chi connectivity index (χ0) is 13.7. The second kappa shape index (κ2) is 6.36. The van der Waals surface area contributed by atoms with E-state index < -0.39 is 0 Å². The van der Waals surface area contributed by atoms with Gasteiger partial charge in [-0.3, -0.25) is 16.0 Å². The molecule has 1 aromatic heterocycles. The maximum atomic E-state index is 5.68. The molecule has 0 aliphatic heterocycles. The van der Waals surface area contributed by atoms with Crippen LogP contribution in [0.25, 0.3) is 0 Å². The summed E-state index contributed by atoms with van der Waals surface area (Å²) in [5, 5.41) is 4.27. The van der Waals surface area contributed by atoms with Gasteiger partial charge in [0.05, 0.1) is 18.8 Å². The fraction of sp³-hybridized carbons (Fsp3) is 0.357. The number of hydrogen-bond acceptors (Lipinski definition) is 4. The lowest BCUT2D eigenvalue weighted by Gasteiger charge is -2.17. The lowest BCUT2D eigenvalue weighted by molar-refractivity contribution is 0.414. The van der Waals surface area contributed by atoms with Crippen LogP contribution in [0.3, 0.4) is 0 Å². The molecule has 0 aliphatic rings. The maximum absolute atomic E-state index is 5.68. The van der Waals surface area contributed by atoms with Crippen LogP contribution in [-0.4, -0.2) is 16.9 Å². The fourth-order valence-corrected chi connectivity index (χ4v) is 2.15. The van der Waals surface area contributed by atoms with Crippen molar-refractivity contribution in [3.63, 3.8) is 0 Å². The highest BCUT2D eigenvalue weighted by Crippen LogP contribution is 2.19. The van der Waals surface area contributed by atoms with Crippen molar-refractivity contribution in [2.24, 2.45) is 5.84 Å². The van der Waals surface area contributed by atoms with Gasteiger partial charge in [0.2, 0.25) is 0 Å². The molecule has 0 spiro atoms.